The van der Waals surface area contributed by atoms with Crippen molar-refractivity contribution < 1.29 is 14.3 Å². The summed E-state index contributed by atoms with van der Waals surface area (Å²) in [5.41, 5.74) is 4.50. The highest BCUT2D eigenvalue weighted by Gasteiger charge is 2.13. The molecule has 0 radical (unpaired) electrons. The Labute approximate surface area is 164 Å². The maximum atomic E-state index is 12.2. The van der Waals surface area contributed by atoms with Crippen LogP contribution in [0.3, 0.4) is 0 Å². The van der Waals surface area contributed by atoms with E-state index < -0.39 is 0 Å². The van der Waals surface area contributed by atoms with Crippen molar-refractivity contribution in [2.45, 2.75) is 26.9 Å². The second-order valence-corrected chi connectivity index (χ2v) is 6.51. The number of rotatable bonds is 8. The topological polar surface area (TPSA) is 73.2 Å². The van der Waals surface area contributed by atoms with Crippen molar-refractivity contribution in [2.24, 2.45) is 0 Å². The average Bonchev–Trinajstić information content (AvgIpc) is 2.98. The van der Waals surface area contributed by atoms with Gasteiger partial charge in [0.15, 0.2) is 12.9 Å². The standard InChI is InChI=1S/C22H23N3O3/c1-16-20(17(2)25(24-16)13-18-8-4-3-5-9-18)12-23-22(27)15-28-21-11-7-6-10-19(21)14-26/h3-11,14H,12-13,15H2,1-2H3,(H,23,27). The van der Waals surface area contributed by atoms with Gasteiger partial charge < -0.3 is 10.1 Å². The van der Waals surface area contributed by atoms with Crippen LogP contribution in [0.5, 0.6) is 5.75 Å². The van der Waals surface area contributed by atoms with Crippen LogP contribution < -0.4 is 10.1 Å². The van der Waals surface area contributed by atoms with E-state index in [2.05, 4.69) is 22.5 Å². The van der Waals surface area contributed by atoms with Crippen LogP contribution in [-0.4, -0.2) is 28.6 Å². The summed E-state index contributed by atoms with van der Waals surface area (Å²) in [5.74, 6) is 0.144. The summed E-state index contributed by atoms with van der Waals surface area (Å²) in [5, 5.41) is 7.45. The number of hydrogen-bond donors (Lipinski definition) is 1. The minimum absolute atomic E-state index is 0.152. The van der Waals surface area contributed by atoms with E-state index in [-0.39, 0.29) is 12.5 Å². The Morgan fingerprint density at radius 1 is 1.11 bits per heavy atom. The van der Waals surface area contributed by atoms with Crippen LogP contribution in [-0.2, 0) is 17.9 Å². The van der Waals surface area contributed by atoms with E-state index in [0.29, 0.717) is 30.7 Å². The number of aryl methyl sites for hydroxylation is 1. The third kappa shape index (κ3) is 4.65. The fraction of sp³-hybridized carbons (Fsp3) is 0.227. The highest BCUT2D eigenvalue weighted by atomic mass is 16.5. The maximum Gasteiger partial charge on any atom is 0.258 e. The van der Waals surface area contributed by atoms with Gasteiger partial charge in [0, 0.05) is 17.8 Å². The molecule has 3 aromatic rings. The molecular formula is C22H23N3O3. The fourth-order valence-corrected chi connectivity index (χ4v) is 2.99. The molecule has 0 unspecified atom stereocenters. The van der Waals surface area contributed by atoms with Crippen molar-refractivity contribution in [3.8, 4) is 5.75 Å². The van der Waals surface area contributed by atoms with Crippen LogP contribution in [0.2, 0.25) is 0 Å². The molecular weight excluding hydrogens is 354 g/mol. The van der Waals surface area contributed by atoms with Crippen LogP contribution in [0.4, 0.5) is 0 Å². The Morgan fingerprint density at radius 2 is 1.82 bits per heavy atom. The maximum absolute atomic E-state index is 12.2. The summed E-state index contributed by atoms with van der Waals surface area (Å²) < 4.78 is 7.41. The van der Waals surface area contributed by atoms with Crippen LogP contribution in [0.25, 0.3) is 0 Å². The van der Waals surface area contributed by atoms with E-state index in [1.165, 1.54) is 5.56 Å². The van der Waals surface area contributed by atoms with Gasteiger partial charge in [-0.3, -0.25) is 14.3 Å². The molecule has 0 aliphatic carbocycles. The van der Waals surface area contributed by atoms with Crippen molar-refractivity contribution in [3.05, 3.63) is 82.7 Å². The Kier molecular flexibility index (Phi) is 6.22. The number of amides is 1. The molecule has 6 nitrogen and oxygen atoms in total. The Bertz CT molecular complexity index is 964. The summed E-state index contributed by atoms with van der Waals surface area (Å²) in [7, 11) is 0. The van der Waals surface area contributed by atoms with Crippen LogP contribution in [0, 0.1) is 13.8 Å². The molecule has 1 heterocycles. The zero-order valence-corrected chi connectivity index (χ0v) is 16.0. The van der Waals surface area contributed by atoms with Gasteiger partial charge in [0.2, 0.25) is 0 Å². The molecule has 1 N–H and O–H groups in total. The van der Waals surface area contributed by atoms with Crippen molar-refractivity contribution in [1.82, 2.24) is 15.1 Å². The Balaban J connectivity index is 1.58. The van der Waals surface area contributed by atoms with Gasteiger partial charge in [0.25, 0.3) is 5.91 Å². The first-order chi connectivity index (χ1) is 13.6. The smallest absolute Gasteiger partial charge is 0.258 e. The van der Waals surface area contributed by atoms with Gasteiger partial charge in [-0.1, -0.05) is 42.5 Å². The van der Waals surface area contributed by atoms with Gasteiger partial charge >= 0.3 is 0 Å². The number of nitrogens with zero attached hydrogens (tertiary/aromatic N) is 2. The zero-order valence-electron chi connectivity index (χ0n) is 16.0. The number of nitrogens with one attached hydrogen (secondary N) is 1. The van der Waals surface area contributed by atoms with Crippen molar-refractivity contribution >= 4 is 12.2 Å². The summed E-state index contributed by atoms with van der Waals surface area (Å²) in [6.07, 6.45) is 0.709. The number of benzene rings is 2. The second kappa shape index (κ2) is 8.99. The van der Waals surface area contributed by atoms with Crippen molar-refractivity contribution in [1.29, 1.82) is 0 Å². The van der Waals surface area contributed by atoms with Crippen LogP contribution in [0.1, 0.15) is 32.9 Å². The quantitative estimate of drug-likeness (QED) is 0.613. The number of para-hydroxylation sites is 1. The highest BCUT2D eigenvalue weighted by molar-refractivity contribution is 5.80. The van der Waals surface area contributed by atoms with E-state index in [0.717, 1.165) is 17.0 Å². The van der Waals surface area contributed by atoms with E-state index in [9.17, 15) is 9.59 Å². The normalized spacial score (nSPS) is 10.5. The lowest BCUT2D eigenvalue weighted by atomic mass is 10.2. The number of hydrogen-bond acceptors (Lipinski definition) is 4. The molecule has 0 saturated heterocycles. The minimum Gasteiger partial charge on any atom is -0.483 e. The molecule has 28 heavy (non-hydrogen) atoms. The van der Waals surface area contributed by atoms with Gasteiger partial charge in [-0.25, -0.2) is 0 Å². The summed E-state index contributed by atoms with van der Waals surface area (Å²) >= 11 is 0. The molecule has 0 saturated carbocycles. The van der Waals surface area contributed by atoms with Crippen molar-refractivity contribution in [2.75, 3.05) is 6.61 Å². The summed E-state index contributed by atoms with van der Waals surface area (Å²) in [6.45, 7) is 4.85. The summed E-state index contributed by atoms with van der Waals surface area (Å²) in [4.78, 5) is 23.2. The first-order valence-electron chi connectivity index (χ1n) is 9.09. The van der Waals surface area contributed by atoms with Gasteiger partial charge in [-0.15, -0.1) is 0 Å². The number of carbonyl (C=O) groups is 2. The number of carbonyl (C=O) groups excluding carboxylic acids is 2. The van der Waals surface area contributed by atoms with E-state index in [1.807, 2.05) is 36.7 Å². The Hall–Kier alpha value is -3.41. The molecule has 0 aliphatic rings. The van der Waals surface area contributed by atoms with Crippen LogP contribution in [0.15, 0.2) is 54.6 Å². The molecule has 2 aromatic carbocycles. The van der Waals surface area contributed by atoms with Gasteiger partial charge in [0.05, 0.1) is 17.8 Å². The summed E-state index contributed by atoms with van der Waals surface area (Å²) in [6, 6.07) is 16.9. The van der Waals surface area contributed by atoms with E-state index >= 15 is 0 Å². The van der Waals surface area contributed by atoms with Gasteiger partial charge in [0.1, 0.15) is 5.75 Å². The van der Waals surface area contributed by atoms with E-state index in [4.69, 9.17) is 4.74 Å². The average molecular weight is 377 g/mol. The zero-order chi connectivity index (χ0) is 19.9. The van der Waals surface area contributed by atoms with E-state index in [1.54, 1.807) is 24.3 Å². The van der Waals surface area contributed by atoms with Crippen LogP contribution >= 0.6 is 0 Å². The minimum atomic E-state index is -0.254. The number of aldehydes is 1. The molecule has 0 aliphatic heterocycles. The van der Waals surface area contributed by atoms with Gasteiger partial charge in [-0.05, 0) is 31.5 Å². The lowest BCUT2D eigenvalue weighted by molar-refractivity contribution is -0.123. The molecule has 1 amide bonds. The molecule has 144 valence electrons. The third-order valence-electron chi connectivity index (χ3n) is 4.57. The molecule has 0 atom stereocenters. The van der Waals surface area contributed by atoms with Gasteiger partial charge in [-0.2, -0.15) is 5.10 Å². The largest absolute Gasteiger partial charge is 0.483 e. The molecule has 6 heteroatoms. The molecule has 3 rings (SSSR count). The first kappa shape index (κ1) is 19.4. The molecule has 0 spiro atoms. The first-order valence-corrected chi connectivity index (χ1v) is 9.09. The SMILES string of the molecule is Cc1nn(Cc2ccccc2)c(C)c1CNC(=O)COc1ccccc1C=O. The Morgan fingerprint density at radius 3 is 2.57 bits per heavy atom. The number of ether oxygens (including phenoxy) is 1. The lowest BCUT2D eigenvalue weighted by Gasteiger charge is -2.09. The molecule has 1 aromatic heterocycles. The molecule has 0 fully saturated rings. The predicted molar refractivity (Wildman–Crippen MR) is 106 cm³/mol. The predicted octanol–water partition coefficient (Wildman–Crippen LogP) is 3.06. The van der Waals surface area contributed by atoms with Crippen molar-refractivity contribution in [3.63, 3.8) is 0 Å². The monoisotopic (exact) mass is 377 g/mol. The third-order valence-corrected chi connectivity index (χ3v) is 4.57. The fourth-order valence-electron chi connectivity index (χ4n) is 2.99. The highest BCUT2D eigenvalue weighted by Crippen LogP contribution is 2.16. The number of aromatic nitrogens is 2. The lowest BCUT2D eigenvalue weighted by Crippen LogP contribution is -2.29. The molecule has 0 bridgehead atoms. The second-order valence-electron chi connectivity index (χ2n) is 6.51.